The molecule has 2 aromatic carbocycles. The second kappa shape index (κ2) is 8.86. The first-order valence-corrected chi connectivity index (χ1v) is 7.67. The Hall–Kier alpha value is -2.63. The number of nitrogens with one attached hydrogen (secondary N) is 2. The van der Waals surface area contributed by atoms with E-state index in [1.54, 1.807) is 7.11 Å². The van der Waals surface area contributed by atoms with Crippen LogP contribution in [0.1, 0.15) is 12.0 Å². The number of amides is 1. The summed E-state index contributed by atoms with van der Waals surface area (Å²) in [6.45, 7) is 0.658. The Morgan fingerprint density at radius 2 is 1.71 bits per heavy atom. The van der Waals surface area contributed by atoms with Crippen molar-refractivity contribution in [2.45, 2.75) is 12.8 Å². The zero-order valence-electron chi connectivity index (χ0n) is 13.4. The lowest BCUT2D eigenvalue weighted by Gasteiger charge is -2.09. The van der Waals surface area contributed by atoms with E-state index in [0.717, 1.165) is 11.3 Å². The molecule has 6 heteroatoms. The zero-order chi connectivity index (χ0) is 17.4. The van der Waals surface area contributed by atoms with Crippen LogP contribution in [0.5, 0.6) is 5.75 Å². The van der Waals surface area contributed by atoms with E-state index in [4.69, 9.17) is 4.74 Å². The van der Waals surface area contributed by atoms with Gasteiger partial charge in [-0.2, -0.15) is 0 Å². The highest BCUT2D eigenvalue weighted by atomic mass is 19.1. The van der Waals surface area contributed by atoms with Crippen molar-refractivity contribution in [1.82, 2.24) is 5.32 Å². The van der Waals surface area contributed by atoms with Crippen LogP contribution in [0.25, 0.3) is 0 Å². The molecule has 0 heterocycles. The summed E-state index contributed by atoms with van der Waals surface area (Å²) < 4.78 is 31.9. The summed E-state index contributed by atoms with van der Waals surface area (Å²) in [5.74, 6) is -0.730. The van der Waals surface area contributed by atoms with Gasteiger partial charge >= 0.3 is 0 Å². The van der Waals surface area contributed by atoms with Crippen molar-refractivity contribution in [1.29, 1.82) is 0 Å². The van der Waals surface area contributed by atoms with Crippen molar-refractivity contribution < 1.29 is 18.3 Å². The highest BCUT2D eigenvalue weighted by Crippen LogP contribution is 2.17. The maximum atomic E-state index is 13.4. The monoisotopic (exact) mass is 334 g/mol. The number of para-hydroxylation sites is 1. The minimum atomic E-state index is -0.671. The summed E-state index contributed by atoms with van der Waals surface area (Å²) in [6, 6.07) is 11.2. The lowest BCUT2D eigenvalue weighted by Crippen LogP contribution is -2.27. The molecule has 0 radical (unpaired) electrons. The van der Waals surface area contributed by atoms with Crippen molar-refractivity contribution in [2.24, 2.45) is 0 Å². The number of rotatable bonds is 8. The molecule has 0 atom stereocenters. The van der Waals surface area contributed by atoms with Crippen LogP contribution in [0.2, 0.25) is 0 Å². The van der Waals surface area contributed by atoms with Crippen LogP contribution in [0.15, 0.2) is 42.5 Å². The Morgan fingerprint density at radius 3 is 2.33 bits per heavy atom. The average molecular weight is 334 g/mol. The molecule has 0 aliphatic rings. The number of methoxy groups -OCH3 is 1. The van der Waals surface area contributed by atoms with Gasteiger partial charge in [-0.15, -0.1) is 0 Å². The number of anilines is 1. The van der Waals surface area contributed by atoms with E-state index in [1.165, 1.54) is 18.2 Å². The van der Waals surface area contributed by atoms with Crippen LogP contribution in [-0.4, -0.2) is 26.1 Å². The van der Waals surface area contributed by atoms with Gasteiger partial charge in [-0.1, -0.05) is 18.2 Å². The zero-order valence-corrected chi connectivity index (χ0v) is 13.4. The van der Waals surface area contributed by atoms with Gasteiger partial charge < -0.3 is 15.4 Å². The van der Waals surface area contributed by atoms with Crippen LogP contribution in [-0.2, 0) is 11.2 Å². The number of hydrogen-bond donors (Lipinski definition) is 2. The highest BCUT2D eigenvalue weighted by molar-refractivity contribution is 5.76. The van der Waals surface area contributed by atoms with Crippen LogP contribution in [0.3, 0.4) is 0 Å². The van der Waals surface area contributed by atoms with Gasteiger partial charge in [-0.05, 0) is 36.2 Å². The average Bonchev–Trinajstić information content (AvgIpc) is 2.58. The molecule has 0 saturated carbocycles. The smallest absolute Gasteiger partial charge is 0.221 e. The Morgan fingerprint density at radius 1 is 1.04 bits per heavy atom. The third-order valence-corrected chi connectivity index (χ3v) is 3.51. The first-order valence-electron chi connectivity index (χ1n) is 7.67. The van der Waals surface area contributed by atoms with Crippen molar-refractivity contribution in [3.63, 3.8) is 0 Å². The minimum absolute atomic E-state index is 0.135. The van der Waals surface area contributed by atoms with E-state index in [1.807, 2.05) is 24.3 Å². The molecule has 0 unspecified atom stereocenters. The second-order valence-corrected chi connectivity index (χ2v) is 5.22. The Balaban J connectivity index is 1.68. The lowest BCUT2D eigenvalue weighted by molar-refractivity contribution is -0.120. The number of hydrogen-bond acceptors (Lipinski definition) is 3. The first kappa shape index (κ1) is 17.7. The summed E-state index contributed by atoms with van der Waals surface area (Å²) in [5, 5.41) is 5.39. The van der Waals surface area contributed by atoms with Gasteiger partial charge in [0.15, 0.2) is 0 Å². The topological polar surface area (TPSA) is 50.4 Å². The summed E-state index contributed by atoms with van der Waals surface area (Å²) in [6.07, 6.45) is 0.835. The SMILES string of the molecule is COc1ccc(CCNC(=O)CCNc2c(F)cccc2F)cc1. The normalized spacial score (nSPS) is 10.3. The lowest BCUT2D eigenvalue weighted by atomic mass is 10.1. The molecular formula is C18H20F2N2O2. The van der Waals surface area contributed by atoms with Crippen molar-refractivity contribution >= 4 is 11.6 Å². The van der Waals surface area contributed by atoms with Gasteiger partial charge in [0.25, 0.3) is 0 Å². The fraction of sp³-hybridized carbons (Fsp3) is 0.278. The van der Waals surface area contributed by atoms with E-state index >= 15 is 0 Å². The molecule has 0 aromatic heterocycles. The number of halogens is 2. The maximum Gasteiger partial charge on any atom is 0.221 e. The molecule has 0 aliphatic carbocycles. The number of benzene rings is 2. The van der Waals surface area contributed by atoms with Crippen molar-refractivity contribution in [3.8, 4) is 5.75 Å². The van der Waals surface area contributed by atoms with E-state index in [-0.39, 0.29) is 24.6 Å². The predicted octanol–water partition coefficient (Wildman–Crippen LogP) is 3.13. The number of carbonyl (C=O) groups excluding carboxylic acids is 1. The standard InChI is InChI=1S/C18H20F2N2O2/c1-24-14-7-5-13(6-8-14)9-11-21-17(23)10-12-22-18-15(19)3-2-4-16(18)20/h2-8,22H,9-12H2,1H3,(H,21,23). The first-order chi connectivity index (χ1) is 11.6. The van der Waals surface area contributed by atoms with Gasteiger partial charge in [0.2, 0.25) is 5.91 Å². The molecule has 0 bridgehead atoms. The van der Waals surface area contributed by atoms with Gasteiger partial charge in [-0.3, -0.25) is 4.79 Å². The Bertz CT molecular complexity index is 655. The van der Waals surface area contributed by atoms with Crippen molar-refractivity contribution in [2.75, 3.05) is 25.5 Å². The van der Waals surface area contributed by atoms with Gasteiger partial charge in [0, 0.05) is 19.5 Å². The van der Waals surface area contributed by atoms with Crippen LogP contribution in [0, 0.1) is 11.6 Å². The quantitative estimate of drug-likeness (QED) is 0.780. The fourth-order valence-electron chi connectivity index (χ4n) is 2.19. The molecule has 2 N–H and O–H groups in total. The predicted molar refractivity (Wildman–Crippen MR) is 89.2 cm³/mol. The molecule has 0 spiro atoms. The van der Waals surface area contributed by atoms with Crippen molar-refractivity contribution in [3.05, 3.63) is 59.7 Å². The molecule has 1 amide bonds. The molecule has 128 valence electrons. The summed E-state index contributed by atoms with van der Waals surface area (Å²) in [4.78, 5) is 11.7. The van der Waals surface area contributed by atoms with Crippen LogP contribution >= 0.6 is 0 Å². The largest absolute Gasteiger partial charge is 0.497 e. The molecule has 2 aromatic rings. The minimum Gasteiger partial charge on any atom is -0.497 e. The Kier molecular flexibility index (Phi) is 6.54. The third kappa shape index (κ3) is 5.22. The summed E-state index contributed by atoms with van der Waals surface area (Å²) in [7, 11) is 1.61. The van der Waals surface area contributed by atoms with Gasteiger partial charge in [0.05, 0.1) is 7.11 Å². The van der Waals surface area contributed by atoms with Gasteiger partial charge in [-0.25, -0.2) is 8.78 Å². The second-order valence-electron chi connectivity index (χ2n) is 5.22. The van der Waals surface area contributed by atoms with E-state index in [0.29, 0.717) is 13.0 Å². The molecule has 0 aliphatic heterocycles. The fourth-order valence-corrected chi connectivity index (χ4v) is 2.19. The molecule has 2 rings (SSSR count). The van der Waals surface area contributed by atoms with E-state index < -0.39 is 11.6 Å². The van der Waals surface area contributed by atoms with E-state index in [2.05, 4.69) is 10.6 Å². The van der Waals surface area contributed by atoms with Crippen LogP contribution < -0.4 is 15.4 Å². The summed E-state index contributed by atoms with van der Waals surface area (Å²) >= 11 is 0. The molecule has 24 heavy (non-hydrogen) atoms. The van der Waals surface area contributed by atoms with Gasteiger partial charge in [0.1, 0.15) is 23.1 Å². The number of carbonyl (C=O) groups is 1. The molecule has 4 nitrogen and oxygen atoms in total. The Labute approximate surface area is 139 Å². The number of ether oxygens (including phenoxy) is 1. The summed E-state index contributed by atoms with van der Waals surface area (Å²) in [5.41, 5.74) is 0.881. The maximum absolute atomic E-state index is 13.4. The van der Waals surface area contributed by atoms with E-state index in [9.17, 15) is 13.6 Å². The molecule has 0 saturated heterocycles. The molecular weight excluding hydrogens is 314 g/mol. The highest BCUT2D eigenvalue weighted by Gasteiger charge is 2.08. The molecule has 0 fully saturated rings. The van der Waals surface area contributed by atoms with Crippen LogP contribution in [0.4, 0.5) is 14.5 Å². The third-order valence-electron chi connectivity index (χ3n) is 3.51.